The number of alkyl halides is 1. The van der Waals surface area contributed by atoms with Gasteiger partial charge in [0.2, 0.25) is 5.82 Å². The second kappa shape index (κ2) is 3.80. The van der Waals surface area contributed by atoms with E-state index in [1.165, 1.54) is 11.0 Å². The Morgan fingerprint density at radius 2 is 2.62 bits per heavy atom. The number of ether oxygens (including phenoxy) is 1. The van der Waals surface area contributed by atoms with Crippen molar-refractivity contribution < 1.29 is 19.0 Å². The summed E-state index contributed by atoms with van der Waals surface area (Å²) in [6, 6.07) is 0. The van der Waals surface area contributed by atoms with Crippen molar-refractivity contribution in [1.29, 1.82) is 0 Å². The summed E-state index contributed by atoms with van der Waals surface area (Å²) in [6.07, 6.45) is 0.539. The number of hydrogen-bond acceptors (Lipinski definition) is 5. The Kier molecular flexibility index (Phi) is 2.60. The van der Waals surface area contributed by atoms with E-state index in [4.69, 9.17) is 15.6 Å². The molecule has 0 bridgehead atoms. The van der Waals surface area contributed by atoms with E-state index in [1.54, 1.807) is 0 Å². The molecule has 2 rings (SSSR count). The molecule has 16 heavy (non-hydrogen) atoms. The first kappa shape index (κ1) is 11.0. The maximum atomic E-state index is 13.6. The molecule has 1 fully saturated rings. The Bertz CT molecular complexity index is 410. The van der Waals surface area contributed by atoms with Crippen LogP contribution in [0.25, 0.3) is 0 Å². The highest BCUT2D eigenvalue weighted by Gasteiger charge is 2.41. The Labute approximate surface area is 90.0 Å². The first-order valence-electron chi connectivity index (χ1n) is 4.66. The summed E-state index contributed by atoms with van der Waals surface area (Å²) in [4.78, 5) is 14.4. The maximum Gasteiger partial charge on any atom is 0.288 e. The van der Waals surface area contributed by atoms with Crippen LogP contribution in [0, 0.1) is 0 Å². The molecule has 1 aliphatic rings. The second-order valence-corrected chi connectivity index (χ2v) is 3.69. The van der Waals surface area contributed by atoms with E-state index in [0.717, 1.165) is 0 Å². The van der Waals surface area contributed by atoms with Crippen LogP contribution in [-0.2, 0) is 4.74 Å². The van der Waals surface area contributed by atoms with E-state index in [9.17, 15) is 9.18 Å². The minimum atomic E-state index is -1.76. The van der Waals surface area contributed by atoms with Crippen molar-refractivity contribution in [1.82, 2.24) is 14.8 Å². The lowest BCUT2D eigenvalue weighted by molar-refractivity contribution is 0.0242. The van der Waals surface area contributed by atoms with Crippen LogP contribution in [0.4, 0.5) is 4.39 Å². The number of aliphatic hydroxyl groups excluding tert-OH is 1. The Morgan fingerprint density at radius 1 is 1.88 bits per heavy atom. The number of aromatic nitrogens is 3. The fourth-order valence-corrected chi connectivity index (χ4v) is 1.48. The number of carbonyl (C=O) groups excluding carboxylic acids is 1. The van der Waals surface area contributed by atoms with Crippen LogP contribution in [-0.4, -0.2) is 44.7 Å². The van der Waals surface area contributed by atoms with Gasteiger partial charge in [0.25, 0.3) is 5.91 Å². The van der Waals surface area contributed by atoms with Gasteiger partial charge in [-0.05, 0) is 0 Å². The second-order valence-electron chi connectivity index (χ2n) is 3.69. The van der Waals surface area contributed by atoms with Gasteiger partial charge >= 0.3 is 0 Å². The Hall–Kier alpha value is -1.54. The molecule has 8 heteroatoms. The SMILES string of the molecule is NC(=O)c1ncn([C@H]2C[C@](F)(CO)CO2)n1. The van der Waals surface area contributed by atoms with Gasteiger partial charge in [-0.3, -0.25) is 4.79 Å². The zero-order chi connectivity index (χ0) is 11.8. The average molecular weight is 230 g/mol. The summed E-state index contributed by atoms with van der Waals surface area (Å²) in [6.45, 7) is -0.819. The van der Waals surface area contributed by atoms with Crippen LogP contribution in [0.2, 0.25) is 0 Å². The van der Waals surface area contributed by atoms with E-state index < -0.39 is 24.4 Å². The van der Waals surface area contributed by atoms with Crippen molar-refractivity contribution in [3.63, 3.8) is 0 Å². The zero-order valence-corrected chi connectivity index (χ0v) is 8.34. The first-order chi connectivity index (χ1) is 7.54. The van der Waals surface area contributed by atoms with Gasteiger partial charge in [-0.15, -0.1) is 5.10 Å². The third-order valence-electron chi connectivity index (χ3n) is 2.38. The molecule has 7 nitrogen and oxygen atoms in total. The Morgan fingerprint density at radius 3 is 3.12 bits per heavy atom. The molecule has 1 aromatic rings. The van der Waals surface area contributed by atoms with Crippen LogP contribution in [0.15, 0.2) is 6.33 Å². The molecular formula is C8H11FN4O3. The molecule has 1 saturated heterocycles. The standard InChI is InChI=1S/C8H11FN4O3/c9-8(2-14)1-5(16-3-8)13-4-11-7(12-13)6(10)15/h4-5,14H,1-3H2,(H2,10,15)/t5-,8+/m1/s1. The zero-order valence-electron chi connectivity index (χ0n) is 8.34. The van der Waals surface area contributed by atoms with Gasteiger partial charge in [0.15, 0.2) is 11.9 Å². The molecule has 0 spiro atoms. The maximum absolute atomic E-state index is 13.6. The minimum Gasteiger partial charge on any atom is -0.393 e. The van der Waals surface area contributed by atoms with E-state index in [2.05, 4.69) is 10.1 Å². The predicted octanol–water partition coefficient (Wildman–Crippen LogP) is -1.00. The smallest absolute Gasteiger partial charge is 0.288 e. The van der Waals surface area contributed by atoms with Crippen molar-refractivity contribution in [3.8, 4) is 0 Å². The van der Waals surface area contributed by atoms with Crippen molar-refractivity contribution in [3.05, 3.63) is 12.2 Å². The number of nitrogens with zero attached hydrogens (tertiary/aromatic N) is 3. The summed E-state index contributed by atoms with van der Waals surface area (Å²) in [5.41, 5.74) is 3.21. The van der Waals surface area contributed by atoms with Crippen molar-refractivity contribution in [2.75, 3.05) is 13.2 Å². The Balaban J connectivity index is 2.11. The third kappa shape index (κ3) is 1.89. The van der Waals surface area contributed by atoms with Crippen LogP contribution < -0.4 is 5.73 Å². The molecule has 3 N–H and O–H groups in total. The monoisotopic (exact) mass is 230 g/mol. The molecule has 2 heterocycles. The topological polar surface area (TPSA) is 103 Å². The van der Waals surface area contributed by atoms with Gasteiger partial charge in [-0.25, -0.2) is 14.1 Å². The van der Waals surface area contributed by atoms with Crippen LogP contribution in [0.3, 0.4) is 0 Å². The number of primary amides is 1. The van der Waals surface area contributed by atoms with Gasteiger partial charge in [0.05, 0.1) is 13.2 Å². The van der Waals surface area contributed by atoms with Crippen LogP contribution >= 0.6 is 0 Å². The summed E-state index contributed by atoms with van der Waals surface area (Å²) >= 11 is 0. The van der Waals surface area contributed by atoms with E-state index in [1.807, 2.05) is 0 Å². The quantitative estimate of drug-likeness (QED) is 0.693. The lowest BCUT2D eigenvalue weighted by Crippen LogP contribution is -2.27. The van der Waals surface area contributed by atoms with Gasteiger partial charge in [0, 0.05) is 6.42 Å². The third-order valence-corrected chi connectivity index (χ3v) is 2.38. The van der Waals surface area contributed by atoms with Crippen LogP contribution in [0.1, 0.15) is 23.3 Å². The normalized spacial score (nSPS) is 29.5. The predicted molar refractivity (Wildman–Crippen MR) is 49.1 cm³/mol. The summed E-state index contributed by atoms with van der Waals surface area (Å²) < 4.78 is 19.9. The number of aliphatic hydroxyl groups is 1. The average Bonchev–Trinajstić information content (AvgIpc) is 2.84. The van der Waals surface area contributed by atoms with Crippen LogP contribution in [0.5, 0.6) is 0 Å². The molecule has 0 aromatic carbocycles. The number of amides is 1. The summed E-state index contributed by atoms with van der Waals surface area (Å²) in [5, 5.41) is 12.6. The molecule has 1 amide bonds. The van der Waals surface area contributed by atoms with Gasteiger partial charge in [-0.1, -0.05) is 0 Å². The molecule has 1 aliphatic heterocycles. The largest absolute Gasteiger partial charge is 0.393 e. The highest BCUT2D eigenvalue weighted by Crippen LogP contribution is 2.33. The molecular weight excluding hydrogens is 219 g/mol. The molecule has 0 radical (unpaired) electrons. The summed E-state index contributed by atoms with van der Waals surface area (Å²) in [5.74, 6) is -0.908. The molecule has 0 unspecified atom stereocenters. The first-order valence-corrected chi connectivity index (χ1v) is 4.66. The number of rotatable bonds is 3. The molecule has 0 saturated carbocycles. The lowest BCUT2D eigenvalue weighted by Gasteiger charge is -2.12. The number of carbonyl (C=O) groups is 1. The number of hydrogen-bond donors (Lipinski definition) is 2. The van der Waals surface area contributed by atoms with E-state index >= 15 is 0 Å². The van der Waals surface area contributed by atoms with Gasteiger partial charge < -0.3 is 15.6 Å². The highest BCUT2D eigenvalue weighted by atomic mass is 19.1. The molecule has 1 aromatic heterocycles. The fraction of sp³-hybridized carbons (Fsp3) is 0.625. The fourth-order valence-electron chi connectivity index (χ4n) is 1.48. The van der Waals surface area contributed by atoms with Gasteiger partial charge in [-0.2, -0.15) is 0 Å². The number of nitrogens with two attached hydrogens (primary N) is 1. The molecule has 2 atom stereocenters. The number of halogens is 1. The minimum absolute atomic E-state index is 0.0366. The molecule has 88 valence electrons. The van der Waals surface area contributed by atoms with E-state index in [0.29, 0.717) is 0 Å². The van der Waals surface area contributed by atoms with E-state index in [-0.39, 0.29) is 18.9 Å². The lowest BCUT2D eigenvalue weighted by atomic mass is 10.1. The van der Waals surface area contributed by atoms with Crippen molar-refractivity contribution >= 4 is 5.91 Å². The summed E-state index contributed by atoms with van der Waals surface area (Å²) in [7, 11) is 0. The highest BCUT2D eigenvalue weighted by molar-refractivity contribution is 5.88. The molecule has 0 aliphatic carbocycles. The van der Waals surface area contributed by atoms with Gasteiger partial charge in [0.1, 0.15) is 6.33 Å². The van der Waals surface area contributed by atoms with Crippen molar-refractivity contribution in [2.45, 2.75) is 18.3 Å². The van der Waals surface area contributed by atoms with Crippen molar-refractivity contribution in [2.24, 2.45) is 5.73 Å².